The van der Waals surface area contributed by atoms with E-state index in [-0.39, 0.29) is 11.9 Å². The van der Waals surface area contributed by atoms with Crippen molar-refractivity contribution in [3.63, 3.8) is 0 Å². The first-order valence-corrected chi connectivity index (χ1v) is 7.69. The number of hydrogen-bond acceptors (Lipinski definition) is 5. The van der Waals surface area contributed by atoms with Gasteiger partial charge in [-0.1, -0.05) is 17.3 Å². The van der Waals surface area contributed by atoms with E-state index in [1.807, 2.05) is 6.07 Å². The second kappa shape index (κ2) is 5.44. The van der Waals surface area contributed by atoms with Crippen LogP contribution in [0, 0.1) is 5.82 Å². The molecule has 0 radical (unpaired) electrons. The fraction of sp³-hybridized carbons (Fsp3) is 0.500. The van der Waals surface area contributed by atoms with Gasteiger partial charge >= 0.3 is 0 Å². The predicted molar refractivity (Wildman–Crippen MR) is 76.4 cm³/mol. The van der Waals surface area contributed by atoms with E-state index in [0.29, 0.717) is 31.3 Å². The van der Waals surface area contributed by atoms with Crippen LogP contribution in [0.2, 0.25) is 0 Å². The Bertz CT molecular complexity index is 671. The van der Waals surface area contributed by atoms with Crippen molar-refractivity contribution in [2.75, 3.05) is 6.54 Å². The van der Waals surface area contributed by atoms with Gasteiger partial charge in [0, 0.05) is 18.5 Å². The maximum absolute atomic E-state index is 13.4. The third kappa shape index (κ3) is 2.76. The van der Waals surface area contributed by atoms with E-state index < -0.39 is 6.10 Å². The van der Waals surface area contributed by atoms with Crippen LogP contribution in [0.3, 0.4) is 0 Å². The second-order valence-corrected chi connectivity index (χ2v) is 6.21. The number of benzene rings is 1. The molecule has 6 heteroatoms. The third-order valence-electron chi connectivity index (χ3n) is 4.38. The summed E-state index contributed by atoms with van der Waals surface area (Å²) < 4.78 is 18.8. The number of aliphatic hydroxyl groups excluding tert-OH is 1. The molecule has 2 heterocycles. The van der Waals surface area contributed by atoms with Gasteiger partial charge in [0.05, 0.1) is 12.6 Å². The quantitative estimate of drug-likeness (QED) is 0.939. The van der Waals surface area contributed by atoms with Crippen LogP contribution in [0.1, 0.15) is 48.5 Å². The molecule has 1 aliphatic carbocycles. The number of nitrogens with zero attached hydrogens (tertiary/aromatic N) is 3. The van der Waals surface area contributed by atoms with Crippen LogP contribution < -0.4 is 0 Å². The van der Waals surface area contributed by atoms with Gasteiger partial charge in [0.2, 0.25) is 5.89 Å². The highest BCUT2D eigenvalue weighted by Crippen LogP contribution is 2.38. The van der Waals surface area contributed by atoms with Crippen molar-refractivity contribution in [2.45, 2.75) is 43.9 Å². The number of hydrogen-bond donors (Lipinski definition) is 1. The maximum Gasteiger partial charge on any atom is 0.240 e. The van der Waals surface area contributed by atoms with Gasteiger partial charge in [-0.15, -0.1) is 0 Å². The summed E-state index contributed by atoms with van der Waals surface area (Å²) in [6.07, 6.45) is 2.44. The van der Waals surface area contributed by atoms with E-state index in [1.165, 1.54) is 12.1 Å². The lowest BCUT2D eigenvalue weighted by atomic mass is 10.0. The zero-order chi connectivity index (χ0) is 15.1. The molecular weight excluding hydrogens is 285 g/mol. The van der Waals surface area contributed by atoms with Crippen molar-refractivity contribution < 1.29 is 14.0 Å². The van der Waals surface area contributed by atoms with Gasteiger partial charge in [-0.05, 0) is 37.0 Å². The van der Waals surface area contributed by atoms with Gasteiger partial charge in [-0.3, -0.25) is 4.90 Å². The molecule has 0 unspecified atom stereocenters. The number of aliphatic hydroxyl groups is 1. The van der Waals surface area contributed by atoms with E-state index in [0.717, 1.165) is 24.2 Å². The lowest BCUT2D eigenvalue weighted by molar-refractivity contribution is 0.164. The Morgan fingerprint density at radius 2 is 2.23 bits per heavy atom. The molecule has 5 nitrogen and oxygen atoms in total. The lowest BCUT2D eigenvalue weighted by Gasteiger charge is -2.22. The normalized spacial score (nSPS) is 25.7. The number of aromatic nitrogens is 2. The minimum Gasteiger partial charge on any atom is -0.392 e. The molecular formula is C16H18FN3O2. The molecule has 2 aliphatic rings. The Hall–Kier alpha value is -1.79. The first-order valence-electron chi connectivity index (χ1n) is 7.69. The van der Waals surface area contributed by atoms with Crippen LogP contribution in [0.15, 0.2) is 28.8 Å². The Labute approximate surface area is 127 Å². The van der Waals surface area contributed by atoms with E-state index in [1.54, 1.807) is 6.07 Å². The smallest absolute Gasteiger partial charge is 0.240 e. The Morgan fingerprint density at radius 1 is 1.36 bits per heavy atom. The standard InChI is InChI=1S/C16H18FN3O2/c17-12-3-1-2-11(6-12)14-7-13(21)8-20(14)9-15-18-16(19-22-15)10-4-5-10/h1-3,6,10,13-14,21H,4-5,7-9H2/t13-,14+/m1/s1. The predicted octanol–water partition coefficient (Wildman–Crippen LogP) is 2.39. The van der Waals surface area contributed by atoms with Crippen LogP contribution in [0.5, 0.6) is 0 Å². The summed E-state index contributed by atoms with van der Waals surface area (Å²) in [5.41, 5.74) is 0.874. The average molecular weight is 303 g/mol. The van der Waals surface area contributed by atoms with Crippen molar-refractivity contribution in [1.29, 1.82) is 0 Å². The second-order valence-electron chi connectivity index (χ2n) is 6.21. The van der Waals surface area contributed by atoms with Gasteiger partial charge in [0.1, 0.15) is 5.82 Å². The minimum atomic E-state index is -0.418. The minimum absolute atomic E-state index is 0.0259. The highest BCUT2D eigenvalue weighted by molar-refractivity contribution is 5.22. The summed E-state index contributed by atoms with van der Waals surface area (Å²) in [7, 11) is 0. The van der Waals surface area contributed by atoms with Crippen molar-refractivity contribution in [3.05, 3.63) is 47.4 Å². The molecule has 1 N–H and O–H groups in total. The van der Waals surface area contributed by atoms with Crippen LogP contribution in [0.25, 0.3) is 0 Å². The molecule has 116 valence electrons. The van der Waals surface area contributed by atoms with Gasteiger partial charge in [0.15, 0.2) is 5.82 Å². The molecule has 2 fully saturated rings. The molecule has 1 saturated carbocycles. The Morgan fingerprint density at radius 3 is 3.00 bits per heavy atom. The summed E-state index contributed by atoms with van der Waals surface area (Å²) in [6.45, 7) is 1.01. The molecule has 1 aromatic heterocycles. The summed E-state index contributed by atoms with van der Waals surface area (Å²) in [4.78, 5) is 6.50. The summed E-state index contributed by atoms with van der Waals surface area (Å²) >= 11 is 0. The molecule has 1 aromatic carbocycles. The molecule has 0 spiro atoms. The number of rotatable bonds is 4. The van der Waals surface area contributed by atoms with E-state index in [4.69, 9.17) is 4.52 Å². The largest absolute Gasteiger partial charge is 0.392 e. The Balaban J connectivity index is 1.53. The van der Waals surface area contributed by atoms with E-state index >= 15 is 0 Å². The average Bonchev–Trinajstić information content (AvgIpc) is 3.13. The number of likely N-dealkylation sites (tertiary alicyclic amines) is 1. The first kappa shape index (κ1) is 13.8. The molecule has 4 rings (SSSR count). The molecule has 1 aliphatic heterocycles. The van der Waals surface area contributed by atoms with E-state index in [9.17, 15) is 9.50 Å². The molecule has 0 bridgehead atoms. The summed E-state index contributed by atoms with van der Waals surface area (Å²) in [5, 5.41) is 14.0. The van der Waals surface area contributed by atoms with Crippen LogP contribution in [-0.4, -0.2) is 32.8 Å². The lowest BCUT2D eigenvalue weighted by Crippen LogP contribution is -2.24. The molecule has 22 heavy (non-hydrogen) atoms. The Kier molecular flexibility index (Phi) is 3.43. The van der Waals surface area contributed by atoms with Crippen molar-refractivity contribution in [2.24, 2.45) is 0 Å². The van der Waals surface area contributed by atoms with Gasteiger partial charge in [-0.2, -0.15) is 4.98 Å². The topological polar surface area (TPSA) is 62.4 Å². The number of β-amino-alcohol motifs (C(OH)–C–C–N with tert-alkyl or cyclic N) is 1. The summed E-state index contributed by atoms with van der Waals surface area (Å²) in [5.74, 6) is 1.56. The zero-order valence-electron chi connectivity index (χ0n) is 12.2. The highest BCUT2D eigenvalue weighted by Gasteiger charge is 2.34. The van der Waals surface area contributed by atoms with Crippen molar-refractivity contribution in [3.8, 4) is 0 Å². The molecule has 1 saturated heterocycles. The van der Waals surface area contributed by atoms with Gasteiger partial charge in [-0.25, -0.2) is 4.39 Å². The first-order chi connectivity index (χ1) is 10.7. The molecule has 2 aromatic rings. The molecule has 0 amide bonds. The number of halogens is 1. The van der Waals surface area contributed by atoms with Crippen LogP contribution in [-0.2, 0) is 6.54 Å². The highest BCUT2D eigenvalue weighted by atomic mass is 19.1. The summed E-state index contributed by atoms with van der Waals surface area (Å²) in [6, 6.07) is 6.52. The molecule has 2 atom stereocenters. The maximum atomic E-state index is 13.4. The van der Waals surface area contributed by atoms with Gasteiger partial charge < -0.3 is 9.63 Å². The van der Waals surface area contributed by atoms with Crippen molar-refractivity contribution in [1.82, 2.24) is 15.0 Å². The van der Waals surface area contributed by atoms with Crippen LogP contribution in [0.4, 0.5) is 4.39 Å². The monoisotopic (exact) mass is 303 g/mol. The zero-order valence-corrected chi connectivity index (χ0v) is 12.2. The fourth-order valence-electron chi connectivity index (χ4n) is 3.13. The third-order valence-corrected chi connectivity index (χ3v) is 4.38. The fourth-order valence-corrected chi connectivity index (χ4v) is 3.13. The van der Waals surface area contributed by atoms with Crippen molar-refractivity contribution >= 4 is 0 Å². The van der Waals surface area contributed by atoms with E-state index in [2.05, 4.69) is 15.0 Å². The van der Waals surface area contributed by atoms with Gasteiger partial charge in [0.25, 0.3) is 0 Å². The van der Waals surface area contributed by atoms with Crippen LogP contribution >= 0.6 is 0 Å². The SMILES string of the molecule is O[C@@H]1C[C@@H](c2cccc(F)c2)N(Cc2nc(C3CC3)no2)C1.